The zero-order chi connectivity index (χ0) is 23.5. The van der Waals surface area contributed by atoms with Crippen molar-refractivity contribution < 1.29 is 9.53 Å². The second-order valence-electron chi connectivity index (χ2n) is 9.34. The number of carbonyl (C=O) groups excluding carboxylic acids is 1. The summed E-state index contributed by atoms with van der Waals surface area (Å²) in [5.74, 6) is 1.12. The Bertz CT molecular complexity index is 1150. The molecule has 0 saturated carbocycles. The van der Waals surface area contributed by atoms with Crippen LogP contribution >= 0.6 is 24.8 Å². The van der Waals surface area contributed by atoms with Gasteiger partial charge in [-0.3, -0.25) is 9.69 Å². The van der Waals surface area contributed by atoms with Gasteiger partial charge in [0.2, 0.25) is 5.91 Å². The van der Waals surface area contributed by atoms with Crippen LogP contribution < -0.4 is 9.64 Å². The zero-order valence-electron chi connectivity index (χ0n) is 20.9. The fourth-order valence-electron chi connectivity index (χ4n) is 5.66. The van der Waals surface area contributed by atoms with E-state index in [1.165, 1.54) is 5.56 Å². The van der Waals surface area contributed by atoms with Crippen LogP contribution in [0.2, 0.25) is 0 Å². The third-order valence-electron chi connectivity index (χ3n) is 7.46. The summed E-state index contributed by atoms with van der Waals surface area (Å²) < 4.78 is 5.57. The average Bonchev–Trinajstić information content (AvgIpc) is 2.90. The molecule has 2 aliphatic heterocycles. The molecule has 0 aliphatic carbocycles. The van der Waals surface area contributed by atoms with Crippen LogP contribution in [0.3, 0.4) is 0 Å². The lowest BCUT2D eigenvalue weighted by Crippen LogP contribution is -2.53. The molecule has 0 N–H and O–H groups in total. The van der Waals surface area contributed by atoms with E-state index < -0.39 is 5.41 Å². The smallest absolute Gasteiger partial charge is 0.237 e. The van der Waals surface area contributed by atoms with Crippen LogP contribution in [0, 0.1) is 0 Å². The number of amides is 1. The van der Waals surface area contributed by atoms with Crippen molar-refractivity contribution in [3.63, 3.8) is 0 Å². The highest BCUT2D eigenvalue weighted by molar-refractivity contribution is 5.94. The van der Waals surface area contributed by atoms with E-state index in [-0.39, 0.29) is 30.7 Å². The van der Waals surface area contributed by atoms with Gasteiger partial charge in [0.25, 0.3) is 0 Å². The Morgan fingerprint density at radius 3 is 2.19 bits per heavy atom. The predicted octanol–water partition coefficient (Wildman–Crippen LogP) is 5.01. The Labute approximate surface area is 226 Å². The maximum Gasteiger partial charge on any atom is 0.237 e. The van der Waals surface area contributed by atoms with Gasteiger partial charge >= 0.3 is 0 Å². The van der Waals surface area contributed by atoms with Gasteiger partial charge in [-0.2, -0.15) is 0 Å². The summed E-state index contributed by atoms with van der Waals surface area (Å²) in [5.41, 5.74) is 4.01. The molecule has 0 aromatic heterocycles. The Hall–Kier alpha value is -2.73. The highest BCUT2D eigenvalue weighted by Gasteiger charge is 2.47. The van der Waals surface area contributed by atoms with Gasteiger partial charge in [-0.15, -0.1) is 24.8 Å². The van der Waals surface area contributed by atoms with Gasteiger partial charge in [-0.1, -0.05) is 66.7 Å². The van der Waals surface area contributed by atoms with Crippen molar-refractivity contribution in [1.82, 2.24) is 9.80 Å². The van der Waals surface area contributed by atoms with Crippen molar-refractivity contribution in [2.75, 3.05) is 51.8 Å². The van der Waals surface area contributed by atoms with Crippen molar-refractivity contribution in [2.45, 2.75) is 18.4 Å². The van der Waals surface area contributed by atoms with E-state index >= 15 is 0 Å². The van der Waals surface area contributed by atoms with Crippen LogP contribution in [0.15, 0.2) is 78.9 Å². The van der Waals surface area contributed by atoms with Gasteiger partial charge in [0.05, 0.1) is 12.8 Å². The second kappa shape index (κ2) is 12.0. The summed E-state index contributed by atoms with van der Waals surface area (Å²) in [6.07, 6.45) is 0.770. The number of benzene rings is 3. The lowest BCUT2D eigenvalue weighted by molar-refractivity contribution is -0.136. The van der Waals surface area contributed by atoms with Gasteiger partial charge < -0.3 is 14.5 Å². The first-order valence-corrected chi connectivity index (χ1v) is 12.1. The van der Waals surface area contributed by atoms with Crippen molar-refractivity contribution >= 4 is 36.4 Å². The lowest BCUT2D eigenvalue weighted by atomic mass is 9.67. The Morgan fingerprint density at radius 1 is 0.833 bits per heavy atom. The molecule has 1 unspecified atom stereocenters. The number of hydrogen-bond donors (Lipinski definition) is 0. The van der Waals surface area contributed by atoms with Crippen LogP contribution in [0.4, 0.5) is 5.69 Å². The summed E-state index contributed by atoms with van der Waals surface area (Å²) >= 11 is 0. The highest BCUT2D eigenvalue weighted by Crippen LogP contribution is 2.43. The molecular formula is C29H35Cl2N3O2. The molecule has 0 spiro atoms. The van der Waals surface area contributed by atoms with Crippen LogP contribution in [0.25, 0.3) is 0 Å². The summed E-state index contributed by atoms with van der Waals surface area (Å²) in [4.78, 5) is 20.7. The molecule has 5 nitrogen and oxygen atoms in total. The molecule has 192 valence electrons. The van der Waals surface area contributed by atoms with Crippen molar-refractivity contribution in [2.24, 2.45) is 0 Å². The number of anilines is 1. The van der Waals surface area contributed by atoms with Gasteiger partial charge in [-0.05, 0) is 41.8 Å². The molecule has 7 heteroatoms. The number of halogens is 2. The number of likely N-dealkylation sites (N-methyl/N-ethyl adjacent to an activating group) is 1. The van der Waals surface area contributed by atoms with Gasteiger partial charge in [0, 0.05) is 39.8 Å². The normalized spacial score (nSPS) is 19.7. The fraction of sp³-hybridized carbons (Fsp3) is 0.345. The standard InChI is InChI=1S/C29H33N3O2.2ClH/c1-30-22-23-10-6-7-13-25(23)29(28(30)33,24-11-4-3-5-12-24)16-17-31-18-20-32(21-19-31)26-14-8-9-15-27(26)34-2;;/h3-15H,16-22H2,1-2H3;2*1H. The van der Waals surface area contributed by atoms with Gasteiger partial charge in [0.1, 0.15) is 11.2 Å². The fourth-order valence-corrected chi connectivity index (χ4v) is 5.66. The average molecular weight is 529 g/mol. The number of para-hydroxylation sites is 2. The molecule has 1 saturated heterocycles. The van der Waals surface area contributed by atoms with E-state index in [4.69, 9.17) is 4.74 Å². The first-order valence-electron chi connectivity index (χ1n) is 12.1. The summed E-state index contributed by atoms with van der Waals surface area (Å²) in [6, 6.07) is 27.1. The Kier molecular flexibility index (Phi) is 9.29. The van der Waals surface area contributed by atoms with Gasteiger partial charge in [-0.25, -0.2) is 0 Å². The van der Waals surface area contributed by atoms with E-state index in [9.17, 15) is 4.79 Å². The summed E-state index contributed by atoms with van der Waals surface area (Å²) in [6.45, 7) is 5.37. The number of piperazine rings is 1. The largest absolute Gasteiger partial charge is 0.495 e. The maximum atomic E-state index is 13.9. The van der Waals surface area contributed by atoms with E-state index in [0.717, 1.165) is 61.7 Å². The predicted molar refractivity (Wildman–Crippen MR) is 151 cm³/mol. The zero-order valence-corrected chi connectivity index (χ0v) is 22.6. The molecule has 36 heavy (non-hydrogen) atoms. The minimum Gasteiger partial charge on any atom is -0.495 e. The van der Waals surface area contributed by atoms with Crippen LogP contribution in [-0.2, 0) is 16.8 Å². The summed E-state index contributed by atoms with van der Waals surface area (Å²) in [7, 11) is 3.66. The Morgan fingerprint density at radius 2 is 1.47 bits per heavy atom. The SMILES string of the molecule is COc1ccccc1N1CCN(CCC2(c3ccccc3)C(=O)N(C)Cc3ccccc32)CC1.Cl.Cl. The van der Waals surface area contributed by atoms with Gasteiger partial charge in [0.15, 0.2) is 0 Å². The first-order chi connectivity index (χ1) is 16.6. The monoisotopic (exact) mass is 527 g/mol. The number of nitrogens with zero attached hydrogens (tertiary/aromatic N) is 3. The van der Waals surface area contributed by atoms with Crippen LogP contribution in [0.1, 0.15) is 23.1 Å². The number of hydrogen-bond acceptors (Lipinski definition) is 4. The first kappa shape index (κ1) is 27.9. The quantitative estimate of drug-likeness (QED) is 0.451. The second-order valence-corrected chi connectivity index (χ2v) is 9.34. The van der Waals surface area contributed by atoms with Crippen LogP contribution in [-0.4, -0.2) is 62.6 Å². The minimum atomic E-state index is -0.648. The lowest BCUT2D eigenvalue weighted by Gasteiger charge is -2.44. The third-order valence-corrected chi connectivity index (χ3v) is 7.46. The highest BCUT2D eigenvalue weighted by atomic mass is 35.5. The molecule has 0 bridgehead atoms. The van der Waals surface area contributed by atoms with E-state index in [0.29, 0.717) is 6.54 Å². The molecule has 1 amide bonds. The molecule has 3 aromatic carbocycles. The molecule has 1 atom stereocenters. The van der Waals surface area contributed by atoms with Crippen LogP contribution in [0.5, 0.6) is 5.75 Å². The molecule has 2 heterocycles. The number of fused-ring (bicyclic) bond motifs is 1. The third kappa shape index (κ3) is 5.06. The minimum absolute atomic E-state index is 0. The van der Waals surface area contributed by atoms with E-state index in [1.807, 2.05) is 42.3 Å². The molecule has 2 aliphatic rings. The number of carbonyl (C=O) groups is 1. The maximum absolute atomic E-state index is 13.9. The van der Waals surface area contributed by atoms with E-state index in [2.05, 4.69) is 58.3 Å². The number of ether oxygens (including phenoxy) is 1. The summed E-state index contributed by atoms with van der Waals surface area (Å²) in [5, 5.41) is 0. The number of rotatable bonds is 6. The molecule has 3 aromatic rings. The number of methoxy groups -OCH3 is 1. The molecule has 5 rings (SSSR count). The molecular weight excluding hydrogens is 493 g/mol. The molecule has 0 radical (unpaired) electrons. The topological polar surface area (TPSA) is 36.0 Å². The van der Waals surface area contributed by atoms with E-state index in [1.54, 1.807) is 7.11 Å². The van der Waals surface area contributed by atoms with Crippen molar-refractivity contribution in [3.05, 3.63) is 95.6 Å². The van der Waals surface area contributed by atoms with Crippen molar-refractivity contribution in [1.29, 1.82) is 0 Å². The van der Waals surface area contributed by atoms with Crippen molar-refractivity contribution in [3.8, 4) is 5.75 Å². The Balaban J connectivity index is 0.00000180. The molecule has 1 fully saturated rings.